The van der Waals surface area contributed by atoms with E-state index in [0.717, 1.165) is 21.0 Å². The zero-order valence-electron chi connectivity index (χ0n) is 12.9. The van der Waals surface area contributed by atoms with E-state index in [2.05, 4.69) is 15.4 Å². The summed E-state index contributed by atoms with van der Waals surface area (Å²) >= 11 is 1.53. The monoisotopic (exact) mass is 328 g/mol. The number of carbonyl (C=O) groups is 1. The van der Waals surface area contributed by atoms with Gasteiger partial charge in [-0.1, -0.05) is 18.2 Å². The van der Waals surface area contributed by atoms with Crippen molar-refractivity contribution in [1.82, 2.24) is 20.1 Å². The molecule has 0 unspecified atom stereocenters. The van der Waals surface area contributed by atoms with Gasteiger partial charge in [0.1, 0.15) is 6.54 Å². The van der Waals surface area contributed by atoms with Gasteiger partial charge >= 0.3 is 0 Å². The molecular weight excluding hydrogens is 312 g/mol. The van der Waals surface area contributed by atoms with Crippen molar-refractivity contribution < 1.29 is 4.79 Å². The molecular formula is C16H16N4O2S. The predicted octanol–water partition coefficient (Wildman–Crippen LogP) is 1.79. The summed E-state index contributed by atoms with van der Waals surface area (Å²) in [5.74, 6) is -0.250. The molecule has 2 aromatic heterocycles. The van der Waals surface area contributed by atoms with Gasteiger partial charge in [0.25, 0.3) is 5.56 Å². The molecule has 3 rings (SSSR count). The van der Waals surface area contributed by atoms with Gasteiger partial charge < -0.3 is 5.32 Å². The lowest BCUT2D eigenvalue weighted by molar-refractivity contribution is -0.122. The number of fused-ring (bicyclic) bond motifs is 1. The highest BCUT2D eigenvalue weighted by molar-refractivity contribution is 7.11. The Morgan fingerprint density at radius 1 is 1.26 bits per heavy atom. The van der Waals surface area contributed by atoms with Crippen molar-refractivity contribution >= 4 is 28.0 Å². The quantitative estimate of drug-likeness (QED) is 0.792. The number of rotatable bonds is 4. The number of aryl methyl sites for hydroxylation is 2. The Balaban J connectivity index is 1.77. The van der Waals surface area contributed by atoms with Crippen molar-refractivity contribution in [2.45, 2.75) is 26.9 Å². The predicted molar refractivity (Wildman–Crippen MR) is 89.4 cm³/mol. The van der Waals surface area contributed by atoms with Gasteiger partial charge in [-0.15, -0.1) is 11.3 Å². The standard InChI is InChI=1S/C16H16N4O2S/c1-10-13-5-3-4-6-14(13)16(22)20(19-10)9-15(21)18-8-12-7-17-11(2)23-12/h3-7H,8-9H2,1-2H3,(H,18,21). The first-order valence-electron chi connectivity index (χ1n) is 7.19. The highest BCUT2D eigenvalue weighted by Crippen LogP contribution is 2.12. The van der Waals surface area contributed by atoms with Crippen LogP contribution in [0, 0.1) is 13.8 Å². The normalized spacial score (nSPS) is 10.9. The lowest BCUT2D eigenvalue weighted by atomic mass is 10.1. The zero-order chi connectivity index (χ0) is 16.4. The molecule has 0 bridgehead atoms. The summed E-state index contributed by atoms with van der Waals surface area (Å²) in [4.78, 5) is 29.6. The summed E-state index contributed by atoms with van der Waals surface area (Å²) < 4.78 is 1.21. The summed E-state index contributed by atoms with van der Waals surface area (Å²) in [5.41, 5.74) is 0.473. The average Bonchev–Trinajstić information content (AvgIpc) is 2.96. The maximum absolute atomic E-state index is 12.4. The van der Waals surface area contributed by atoms with E-state index in [1.807, 2.05) is 26.0 Å². The van der Waals surface area contributed by atoms with E-state index in [-0.39, 0.29) is 18.0 Å². The van der Waals surface area contributed by atoms with Crippen LogP contribution >= 0.6 is 11.3 Å². The third-order valence-electron chi connectivity index (χ3n) is 3.47. The van der Waals surface area contributed by atoms with Gasteiger partial charge in [-0.05, 0) is 19.9 Å². The van der Waals surface area contributed by atoms with Crippen molar-refractivity contribution in [3.05, 3.63) is 56.4 Å². The van der Waals surface area contributed by atoms with Gasteiger partial charge in [-0.2, -0.15) is 5.10 Å². The van der Waals surface area contributed by atoms with Gasteiger partial charge in [-0.25, -0.2) is 9.67 Å². The van der Waals surface area contributed by atoms with Crippen LogP contribution < -0.4 is 10.9 Å². The van der Waals surface area contributed by atoms with Crippen molar-refractivity contribution in [3.8, 4) is 0 Å². The summed E-state index contributed by atoms with van der Waals surface area (Å²) in [5, 5.41) is 9.37. The number of benzene rings is 1. The molecule has 0 aliphatic carbocycles. The van der Waals surface area contributed by atoms with Crippen molar-refractivity contribution in [1.29, 1.82) is 0 Å². The van der Waals surface area contributed by atoms with E-state index in [1.165, 1.54) is 16.0 Å². The molecule has 7 heteroatoms. The Hall–Kier alpha value is -2.54. The molecule has 0 atom stereocenters. The van der Waals surface area contributed by atoms with Gasteiger partial charge in [0.05, 0.1) is 22.6 Å². The number of nitrogens with zero attached hydrogens (tertiary/aromatic N) is 3. The van der Waals surface area contributed by atoms with Gasteiger partial charge in [0.15, 0.2) is 0 Å². The topological polar surface area (TPSA) is 76.9 Å². The third kappa shape index (κ3) is 3.29. The molecule has 2 heterocycles. The van der Waals surface area contributed by atoms with E-state index in [4.69, 9.17) is 0 Å². The van der Waals surface area contributed by atoms with Gasteiger partial charge in [0.2, 0.25) is 5.91 Å². The van der Waals surface area contributed by atoms with E-state index in [9.17, 15) is 9.59 Å². The fourth-order valence-corrected chi connectivity index (χ4v) is 3.11. The number of hydrogen-bond acceptors (Lipinski definition) is 5. The number of hydrogen-bond donors (Lipinski definition) is 1. The summed E-state index contributed by atoms with van der Waals surface area (Å²) in [6, 6.07) is 7.28. The number of amides is 1. The molecule has 0 fully saturated rings. The molecule has 6 nitrogen and oxygen atoms in total. The maximum atomic E-state index is 12.4. The summed E-state index contributed by atoms with van der Waals surface area (Å²) in [6.07, 6.45) is 1.74. The van der Waals surface area contributed by atoms with Crippen LogP contribution in [0.2, 0.25) is 0 Å². The Labute approximate surface area is 136 Å². The average molecular weight is 328 g/mol. The largest absolute Gasteiger partial charge is 0.350 e. The van der Waals surface area contributed by atoms with Crippen molar-refractivity contribution in [2.75, 3.05) is 0 Å². The lowest BCUT2D eigenvalue weighted by Gasteiger charge is -2.08. The van der Waals surface area contributed by atoms with Crippen LogP contribution in [0.5, 0.6) is 0 Å². The number of thiazole rings is 1. The van der Waals surface area contributed by atoms with Crippen LogP contribution in [0.4, 0.5) is 0 Å². The Morgan fingerprint density at radius 3 is 2.70 bits per heavy atom. The molecule has 118 valence electrons. The number of nitrogens with one attached hydrogen (secondary N) is 1. The van der Waals surface area contributed by atoms with Crippen molar-refractivity contribution in [3.63, 3.8) is 0 Å². The third-order valence-corrected chi connectivity index (χ3v) is 4.39. The Kier molecular flexibility index (Phi) is 4.20. The van der Waals surface area contributed by atoms with E-state index < -0.39 is 0 Å². The van der Waals surface area contributed by atoms with Crippen LogP contribution in [-0.4, -0.2) is 20.7 Å². The molecule has 1 aromatic carbocycles. The maximum Gasteiger partial charge on any atom is 0.275 e. The van der Waals surface area contributed by atoms with Crippen molar-refractivity contribution in [2.24, 2.45) is 0 Å². The fourth-order valence-electron chi connectivity index (χ4n) is 2.38. The first-order valence-corrected chi connectivity index (χ1v) is 8.00. The van der Waals surface area contributed by atoms with Crippen LogP contribution in [0.25, 0.3) is 10.8 Å². The van der Waals surface area contributed by atoms with Crippen LogP contribution in [0.1, 0.15) is 15.6 Å². The molecule has 1 amide bonds. The smallest absolute Gasteiger partial charge is 0.275 e. The highest BCUT2D eigenvalue weighted by atomic mass is 32.1. The summed E-state index contributed by atoms with van der Waals surface area (Å²) in [7, 11) is 0. The second kappa shape index (κ2) is 6.29. The van der Waals surface area contributed by atoms with Gasteiger partial charge in [-0.3, -0.25) is 9.59 Å². The van der Waals surface area contributed by atoms with Gasteiger partial charge in [0, 0.05) is 16.5 Å². The van der Waals surface area contributed by atoms with E-state index >= 15 is 0 Å². The van der Waals surface area contributed by atoms with E-state index in [1.54, 1.807) is 18.3 Å². The first-order chi connectivity index (χ1) is 11.0. The van der Waals surface area contributed by atoms with Crippen LogP contribution in [0.3, 0.4) is 0 Å². The molecule has 0 aliphatic rings. The molecule has 0 spiro atoms. The molecule has 3 aromatic rings. The molecule has 0 saturated heterocycles. The molecule has 1 N–H and O–H groups in total. The van der Waals surface area contributed by atoms with Crippen LogP contribution in [0.15, 0.2) is 35.3 Å². The van der Waals surface area contributed by atoms with E-state index in [0.29, 0.717) is 11.9 Å². The summed E-state index contributed by atoms with van der Waals surface area (Å²) in [6.45, 7) is 4.06. The molecule has 0 radical (unpaired) electrons. The first kappa shape index (κ1) is 15.4. The molecule has 23 heavy (non-hydrogen) atoms. The second-order valence-corrected chi connectivity index (χ2v) is 6.54. The Morgan fingerprint density at radius 2 is 2.00 bits per heavy atom. The SMILES string of the molecule is Cc1ncc(CNC(=O)Cn2nc(C)c3ccccc3c2=O)s1. The lowest BCUT2D eigenvalue weighted by Crippen LogP contribution is -2.33. The zero-order valence-corrected chi connectivity index (χ0v) is 13.7. The number of aromatic nitrogens is 3. The number of carbonyl (C=O) groups excluding carboxylic acids is 1. The fraction of sp³-hybridized carbons (Fsp3) is 0.250. The van der Waals surface area contributed by atoms with Crippen LogP contribution in [-0.2, 0) is 17.9 Å². The Bertz CT molecular complexity index is 929. The minimum atomic E-state index is -0.255. The highest BCUT2D eigenvalue weighted by Gasteiger charge is 2.11. The molecule has 0 saturated carbocycles. The molecule has 0 aliphatic heterocycles. The minimum absolute atomic E-state index is 0.0949. The second-order valence-electron chi connectivity index (χ2n) is 5.22. The minimum Gasteiger partial charge on any atom is -0.350 e.